The van der Waals surface area contributed by atoms with E-state index < -0.39 is 45.4 Å². The molecule has 0 atom stereocenters. The number of nitrogens with one attached hydrogen (secondary N) is 1. The van der Waals surface area contributed by atoms with Gasteiger partial charge in [-0.05, 0) is 53.6 Å². The van der Waals surface area contributed by atoms with Crippen LogP contribution < -0.4 is 4.72 Å². The van der Waals surface area contributed by atoms with Crippen LogP contribution in [0.2, 0.25) is 0 Å². The van der Waals surface area contributed by atoms with Gasteiger partial charge in [-0.3, -0.25) is 9.78 Å². The molecular formula is C22H20F3N3O3S2. The summed E-state index contributed by atoms with van der Waals surface area (Å²) < 4.78 is 68.9. The van der Waals surface area contributed by atoms with Crippen molar-refractivity contribution < 1.29 is 26.4 Å². The summed E-state index contributed by atoms with van der Waals surface area (Å²) in [6, 6.07) is 2.99. The Morgan fingerprint density at radius 3 is 2.67 bits per heavy atom. The van der Waals surface area contributed by atoms with Gasteiger partial charge in [-0.25, -0.2) is 26.3 Å². The second kappa shape index (κ2) is 9.24. The van der Waals surface area contributed by atoms with Crippen LogP contribution in [0.5, 0.6) is 0 Å². The monoisotopic (exact) mass is 495 g/mol. The summed E-state index contributed by atoms with van der Waals surface area (Å²) in [6.07, 6.45) is 1.44. The van der Waals surface area contributed by atoms with Gasteiger partial charge in [-0.2, -0.15) is 11.3 Å². The Balaban J connectivity index is 1.51. The minimum Gasteiger partial charge on any atom is -0.338 e. The fraction of sp³-hybridized carbons (Fsp3) is 0.273. The summed E-state index contributed by atoms with van der Waals surface area (Å²) in [5.74, 6) is -4.09. The number of carbonyl (C=O) groups excluding carboxylic acids is 1. The summed E-state index contributed by atoms with van der Waals surface area (Å²) in [5.41, 5.74) is 2.43. The van der Waals surface area contributed by atoms with Crippen molar-refractivity contribution in [3.05, 3.63) is 80.6 Å². The standard InChI is InChI=1S/C22H20F3N3O3S2/c1-13-18(10-27-33(30,31)15-5-7-32-12-15)16-4-6-28(11-14(16)9-26-13)21(29)8-17-19(23)2-3-20(24)22(17)25/h2-3,5,7,9,12,27H,4,6,8,10-11H2,1H3. The molecule has 33 heavy (non-hydrogen) atoms. The highest BCUT2D eigenvalue weighted by atomic mass is 32.2. The normalized spacial score (nSPS) is 13.8. The molecule has 0 saturated heterocycles. The topological polar surface area (TPSA) is 79.4 Å². The fourth-order valence-corrected chi connectivity index (χ4v) is 5.84. The Kier molecular flexibility index (Phi) is 6.55. The van der Waals surface area contributed by atoms with E-state index in [0.29, 0.717) is 18.2 Å². The van der Waals surface area contributed by atoms with Crippen LogP contribution in [-0.4, -0.2) is 30.8 Å². The molecule has 174 valence electrons. The third-order valence-electron chi connectivity index (χ3n) is 5.66. The number of fused-ring (bicyclic) bond motifs is 1. The zero-order valence-electron chi connectivity index (χ0n) is 17.6. The van der Waals surface area contributed by atoms with Crippen LogP contribution in [0.3, 0.4) is 0 Å². The van der Waals surface area contributed by atoms with Gasteiger partial charge in [0.1, 0.15) is 5.82 Å². The first-order chi connectivity index (χ1) is 15.7. The average molecular weight is 496 g/mol. The van der Waals surface area contributed by atoms with Crippen molar-refractivity contribution >= 4 is 27.3 Å². The molecule has 0 fully saturated rings. The number of rotatable bonds is 6. The smallest absolute Gasteiger partial charge is 0.241 e. The number of nitrogens with zero attached hydrogens (tertiary/aromatic N) is 2. The van der Waals surface area contributed by atoms with E-state index in [1.807, 2.05) is 0 Å². The molecule has 0 bridgehead atoms. The lowest BCUT2D eigenvalue weighted by Crippen LogP contribution is -2.38. The highest BCUT2D eigenvalue weighted by molar-refractivity contribution is 7.89. The van der Waals surface area contributed by atoms with E-state index >= 15 is 0 Å². The Bertz CT molecular complexity index is 1310. The number of carbonyl (C=O) groups is 1. The highest BCUT2D eigenvalue weighted by Crippen LogP contribution is 2.26. The number of aryl methyl sites for hydroxylation is 1. The second-order valence-electron chi connectivity index (χ2n) is 7.67. The maximum absolute atomic E-state index is 14.0. The van der Waals surface area contributed by atoms with Crippen LogP contribution in [0, 0.1) is 24.4 Å². The van der Waals surface area contributed by atoms with E-state index in [-0.39, 0.29) is 24.5 Å². The van der Waals surface area contributed by atoms with Crippen LogP contribution in [-0.2, 0) is 40.7 Å². The molecule has 1 N–H and O–H groups in total. The molecule has 3 heterocycles. The third-order valence-corrected chi connectivity index (χ3v) is 7.89. The second-order valence-corrected chi connectivity index (χ2v) is 10.2. The summed E-state index contributed by atoms with van der Waals surface area (Å²) in [4.78, 5) is 18.6. The Hall–Kier alpha value is -2.76. The summed E-state index contributed by atoms with van der Waals surface area (Å²) in [7, 11) is -3.66. The van der Waals surface area contributed by atoms with Gasteiger partial charge in [-0.1, -0.05) is 0 Å². The molecule has 0 spiro atoms. The Morgan fingerprint density at radius 1 is 1.18 bits per heavy atom. The molecule has 0 aliphatic carbocycles. The van der Waals surface area contributed by atoms with Crippen molar-refractivity contribution in [2.24, 2.45) is 0 Å². The van der Waals surface area contributed by atoms with E-state index in [1.54, 1.807) is 23.9 Å². The molecule has 0 saturated carbocycles. The molecule has 3 aromatic rings. The first-order valence-electron chi connectivity index (χ1n) is 10.1. The summed E-state index contributed by atoms with van der Waals surface area (Å²) in [5, 5.41) is 3.22. The maximum Gasteiger partial charge on any atom is 0.241 e. The van der Waals surface area contributed by atoms with E-state index in [0.717, 1.165) is 22.8 Å². The molecule has 1 aliphatic rings. The van der Waals surface area contributed by atoms with Crippen molar-refractivity contribution in [3.8, 4) is 0 Å². The lowest BCUT2D eigenvalue weighted by atomic mass is 9.94. The van der Waals surface area contributed by atoms with Gasteiger partial charge in [0, 0.05) is 42.5 Å². The summed E-state index contributed by atoms with van der Waals surface area (Å²) in [6.45, 7) is 2.26. The Morgan fingerprint density at radius 2 is 1.94 bits per heavy atom. The number of sulfonamides is 1. The third kappa shape index (κ3) is 4.80. The van der Waals surface area contributed by atoms with Gasteiger partial charge in [-0.15, -0.1) is 0 Å². The number of benzene rings is 1. The number of pyridine rings is 1. The number of aromatic nitrogens is 1. The minimum absolute atomic E-state index is 0.0495. The van der Waals surface area contributed by atoms with Crippen molar-refractivity contribution in [1.29, 1.82) is 0 Å². The largest absolute Gasteiger partial charge is 0.338 e. The number of thiophene rings is 1. The van der Waals surface area contributed by atoms with Gasteiger partial charge in [0.2, 0.25) is 15.9 Å². The molecule has 4 rings (SSSR count). The molecule has 11 heteroatoms. The molecular weight excluding hydrogens is 475 g/mol. The predicted octanol–water partition coefficient (Wildman–Crippen LogP) is 3.47. The molecule has 1 amide bonds. The first kappa shape index (κ1) is 23.4. The molecule has 1 aromatic carbocycles. The lowest BCUT2D eigenvalue weighted by molar-refractivity contribution is -0.131. The zero-order chi connectivity index (χ0) is 23.8. The van der Waals surface area contributed by atoms with Crippen LogP contribution in [0.4, 0.5) is 13.2 Å². The lowest BCUT2D eigenvalue weighted by Gasteiger charge is -2.30. The minimum atomic E-state index is -3.66. The van der Waals surface area contributed by atoms with Gasteiger partial charge in [0.25, 0.3) is 0 Å². The molecule has 1 aliphatic heterocycles. The van der Waals surface area contributed by atoms with E-state index in [1.165, 1.54) is 22.3 Å². The van der Waals surface area contributed by atoms with E-state index in [4.69, 9.17) is 0 Å². The van der Waals surface area contributed by atoms with Gasteiger partial charge >= 0.3 is 0 Å². The van der Waals surface area contributed by atoms with Crippen LogP contribution in [0.1, 0.15) is 27.9 Å². The average Bonchev–Trinajstić information content (AvgIpc) is 3.34. The zero-order valence-corrected chi connectivity index (χ0v) is 19.2. The maximum atomic E-state index is 14.0. The van der Waals surface area contributed by atoms with Crippen molar-refractivity contribution in [2.75, 3.05) is 6.54 Å². The van der Waals surface area contributed by atoms with Crippen LogP contribution in [0.15, 0.2) is 40.1 Å². The van der Waals surface area contributed by atoms with Crippen LogP contribution in [0.25, 0.3) is 0 Å². The van der Waals surface area contributed by atoms with Crippen molar-refractivity contribution in [2.45, 2.75) is 37.8 Å². The molecule has 0 unspecified atom stereocenters. The Labute approximate surface area is 193 Å². The predicted molar refractivity (Wildman–Crippen MR) is 116 cm³/mol. The first-order valence-corrected chi connectivity index (χ1v) is 12.5. The number of halogens is 3. The van der Waals surface area contributed by atoms with Crippen molar-refractivity contribution in [3.63, 3.8) is 0 Å². The van der Waals surface area contributed by atoms with E-state index in [2.05, 4.69) is 9.71 Å². The molecule has 6 nitrogen and oxygen atoms in total. The van der Waals surface area contributed by atoms with Gasteiger partial charge in [0.15, 0.2) is 11.6 Å². The molecule has 0 radical (unpaired) electrons. The SMILES string of the molecule is Cc1ncc2c(c1CNS(=O)(=O)c1ccsc1)CCN(C(=O)Cc1c(F)ccc(F)c1F)C2. The number of amides is 1. The van der Waals surface area contributed by atoms with Gasteiger partial charge in [0.05, 0.1) is 11.3 Å². The highest BCUT2D eigenvalue weighted by Gasteiger charge is 2.27. The van der Waals surface area contributed by atoms with E-state index in [9.17, 15) is 26.4 Å². The number of hydrogen-bond acceptors (Lipinski definition) is 5. The van der Waals surface area contributed by atoms with Gasteiger partial charge < -0.3 is 4.90 Å². The van der Waals surface area contributed by atoms with Crippen LogP contribution >= 0.6 is 11.3 Å². The summed E-state index contributed by atoms with van der Waals surface area (Å²) >= 11 is 1.28. The fourth-order valence-electron chi connectivity index (χ4n) is 3.82. The quantitative estimate of drug-likeness (QED) is 0.531. The molecule has 2 aromatic heterocycles. The number of hydrogen-bond donors (Lipinski definition) is 1. The van der Waals surface area contributed by atoms with Crippen molar-refractivity contribution in [1.82, 2.24) is 14.6 Å².